The Morgan fingerprint density at radius 2 is 0.941 bits per heavy atom. The Kier molecular flexibility index (Phi) is 6.35. The molecule has 172 valence electrons. The van der Waals surface area contributed by atoms with Gasteiger partial charge >= 0.3 is 203 Å². The SMILES string of the molecule is O=C(OP(c1ccccc1)(c1ccccc1)(c1ccccc1)C1CCCCC1)c1ccccc1. The van der Waals surface area contributed by atoms with Gasteiger partial charge in [0, 0.05) is 0 Å². The molecule has 3 heteroatoms. The molecule has 1 saturated carbocycles. The van der Waals surface area contributed by atoms with Crippen molar-refractivity contribution in [2.24, 2.45) is 0 Å². The van der Waals surface area contributed by atoms with Crippen LogP contribution in [0.2, 0.25) is 0 Å². The maximum absolute atomic E-state index is 14.0. The predicted molar refractivity (Wildman–Crippen MR) is 144 cm³/mol. The second-order valence-electron chi connectivity index (χ2n) is 9.15. The fraction of sp³-hybridized carbons (Fsp3) is 0.194. The molecule has 2 nitrogen and oxygen atoms in total. The fourth-order valence-corrected chi connectivity index (χ4v) is 12.6. The summed E-state index contributed by atoms with van der Waals surface area (Å²) >= 11 is 0. The minimum atomic E-state index is -3.70. The molecule has 34 heavy (non-hydrogen) atoms. The average molecular weight is 467 g/mol. The van der Waals surface area contributed by atoms with Crippen molar-refractivity contribution in [3.63, 3.8) is 0 Å². The van der Waals surface area contributed by atoms with Gasteiger partial charge in [0.05, 0.1) is 0 Å². The molecule has 0 amide bonds. The van der Waals surface area contributed by atoms with Crippen molar-refractivity contribution in [2.75, 3.05) is 0 Å². The van der Waals surface area contributed by atoms with Crippen LogP contribution in [0.25, 0.3) is 0 Å². The van der Waals surface area contributed by atoms with Gasteiger partial charge in [-0.2, -0.15) is 0 Å². The number of carbonyl (C=O) groups excluding carboxylic acids is 1. The zero-order valence-corrected chi connectivity index (χ0v) is 20.3. The van der Waals surface area contributed by atoms with Crippen LogP contribution in [-0.4, -0.2) is 11.6 Å². The first-order valence-electron chi connectivity index (χ1n) is 12.2. The van der Waals surface area contributed by atoms with Crippen molar-refractivity contribution in [3.05, 3.63) is 127 Å². The third-order valence-corrected chi connectivity index (χ3v) is 13.8. The molecule has 0 aromatic heterocycles. The van der Waals surface area contributed by atoms with Gasteiger partial charge in [0.25, 0.3) is 0 Å². The van der Waals surface area contributed by atoms with E-state index < -0.39 is 6.83 Å². The van der Waals surface area contributed by atoms with E-state index in [1.165, 1.54) is 6.42 Å². The monoisotopic (exact) mass is 466 g/mol. The molecule has 0 saturated heterocycles. The Hall–Kier alpha value is -3.22. The van der Waals surface area contributed by atoms with Crippen LogP contribution in [0.3, 0.4) is 0 Å². The summed E-state index contributed by atoms with van der Waals surface area (Å²) in [7, 11) is 0. The summed E-state index contributed by atoms with van der Waals surface area (Å²) in [5.74, 6) is -0.250. The van der Waals surface area contributed by atoms with E-state index in [0.717, 1.165) is 41.6 Å². The van der Waals surface area contributed by atoms with E-state index in [9.17, 15) is 4.79 Å². The Bertz CT molecular complexity index is 1120. The number of rotatable bonds is 6. The zero-order valence-electron chi connectivity index (χ0n) is 19.4. The zero-order chi connectivity index (χ0) is 23.3. The van der Waals surface area contributed by atoms with Crippen molar-refractivity contribution in [3.8, 4) is 0 Å². The summed E-state index contributed by atoms with van der Waals surface area (Å²) in [4.78, 5) is 14.0. The van der Waals surface area contributed by atoms with Crippen molar-refractivity contribution in [1.29, 1.82) is 0 Å². The number of hydrogen-bond acceptors (Lipinski definition) is 2. The molecule has 0 bridgehead atoms. The first-order valence-corrected chi connectivity index (χ1v) is 14.5. The van der Waals surface area contributed by atoms with Crippen molar-refractivity contribution < 1.29 is 9.32 Å². The van der Waals surface area contributed by atoms with Gasteiger partial charge in [0.2, 0.25) is 0 Å². The van der Waals surface area contributed by atoms with Gasteiger partial charge in [-0.05, 0) is 0 Å². The molecule has 4 aromatic rings. The molecular formula is C31H31O2P. The summed E-state index contributed by atoms with van der Waals surface area (Å²) in [5.41, 5.74) is 0.815. The summed E-state index contributed by atoms with van der Waals surface area (Å²) in [5, 5.41) is 3.38. The minimum absolute atomic E-state index is 0.222. The third kappa shape index (κ3) is 3.58. The van der Waals surface area contributed by atoms with Crippen molar-refractivity contribution >= 4 is 28.7 Å². The van der Waals surface area contributed by atoms with Crippen LogP contribution in [0.1, 0.15) is 42.5 Å². The van der Waals surface area contributed by atoms with E-state index in [-0.39, 0.29) is 11.6 Å². The first kappa shape index (κ1) is 22.6. The van der Waals surface area contributed by atoms with Crippen LogP contribution in [-0.2, 0) is 4.52 Å². The van der Waals surface area contributed by atoms with Gasteiger partial charge < -0.3 is 0 Å². The average Bonchev–Trinajstić information content (AvgIpc) is 2.94. The van der Waals surface area contributed by atoms with Crippen molar-refractivity contribution in [2.45, 2.75) is 37.8 Å². The van der Waals surface area contributed by atoms with Crippen LogP contribution in [0.5, 0.6) is 0 Å². The Morgan fingerprint density at radius 3 is 1.35 bits per heavy atom. The molecule has 0 aliphatic heterocycles. The van der Waals surface area contributed by atoms with E-state index in [1.54, 1.807) is 0 Å². The van der Waals surface area contributed by atoms with Crippen LogP contribution in [0.15, 0.2) is 121 Å². The van der Waals surface area contributed by atoms with E-state index in [4.69, 9.17) is 4.52 Å². The quantitative estimate of drug-likeness (QED) is 0.299. The van der Waals surface area contributed by atoms with E-state index in [1.807, 2.05) is 48.5 Å². The summed E-state index contributed by atoms with van der Waals surface area (Å²) in [6.07, 6.45) is 5.61. The molecule has 0 unspecified atom stereocenters. The van der Waals surface area contributed by atoms with Gasteiger partial charge in [0.15, 0.2) is 0 Å². The Balaban J connectivity index is 1.91. The number of carbonyl (C=O) groups is 1. The van der Waals surface area contributed by atoms with Gasteiger partial charge in [-0.15, -0.1) is 0 Å². The fourth-order valence-electron chi connectivity index (χ4n) is 5.86. The molecule has 0 heterocycles. The van der Waals surface area contributed by atoms with Gasteiger partial charge in [-0.1, -0.05) is 0 Å². The Morgan fingerprint density at radius 1 is 0.559 bits per heavy atom. The molecule has 1 aliphatic carbocycles. The van der Waals surface area contributed by atoms with Gasteiger partial charge in [-0.25, -0.2) is 0 Å². The summed E-state index contributed by atoms with van der Waals surface area (Å²) in [6, 6.07) is 41.2. The standard InChI is InChI=1S/C31H31O2P/c32-31(26-16-6-1-7-17-26)33-34(27-18-8-2-9-19-27,28-20-10-3-11-21-28,29-22-12-4-13-23-29)30-24-14-5-15-25-30/h1-4,6-13,16-23,30H,5,14-15,24-25H2. The third-order valence-electron chi connectivity index (χ3n) is 7.36. The first-order chi connectivity index (χ1) is 16.8. The number of benzene rings is 4. The van der Waals surface area contributed by atoms with Crippen LogP contribution in [0, 0.1) is 0 Å². The molecular weight excluding hydrogens is 435 g/mol. The van der Waals surface area contributed by atoms with Gasteiger partial charge in [0.1, 0.15) is 0 Å². The van der Waals surface area contributed by atoms with E-state index in [0.29, 0.717) is 5.56 Å². The van der Waals surface area contributed by atoms with Crippen molar-refractivity contribution in [1.82, 2.24) is 0 Å². The van der Waals surface area contributed by atoms with Gasteiger partial charge in [-0.3, -0.25) is 0 Å². The van der Waals surface area contributed by atoms with Crippen LogP contribution < -0.4 is 15.9 Å². The molecule has 0 spiro atoms. The summed E-state index contributed by atoms with van der Waals surface area (Å²) in [6.45, 7) is -3.70. The van der Waals surface area contributed by atoms with E-state index in [2.05, 4.69) is 72.8 Å². The number of hydrogen-bond donors (Lipinski definition) is 0. The molecule has 0 radical (unpaired) electrons. The van der Waals surface area contributed by atoms with Crippen LogP contribution in [0.4, 0.5) is 0 Å². The maximum atomic E-state index is 14.0. The molecule has 0 N–H and O–H groups in total. The van der Waals surface area contributed by atoms with Crippen LogP contribution >= 0.6 is 6.83 Å². The second-order valence-corrected chi connectivity index (χ2v) is 13.8. The second kappa shape index (κ2) is 9.57. The predicted octanol–water partition coefficient (Wildman–Crippen LogP) is 6.62. The normalized spacial score (nSPS) is 15.7. The molecule has 1 fully saturated rings. The topological polar surface area (TPSA) is 26.3 Å². The molecule has 5 rings (SSSR count). The molecule has 4 aromatic carbocycles. The molecule has 1 aliphatic rings. The Labute approximate surface area is 202 Å². The van der Waals surface area contributed by atoms with E-state index >= 15 is 0 Å². The summed E-state index contributed by atoms with van der Waals surface area (Å²) < 4.78 is 7.20. The molecule has 0 atom stereocenters.